The van der Waals surface area contributed by atoms with Crippen molar-refractivity contribution in [1.82, 2.24) is 16.2 Å². The molecule has 2 fully saturated rings. The van der Waals surface area contributed by atoms with Gasteiger partial charge in [0.15, 0.2) is 0 Å². The molecule has 2 saturated heterocycles. The molecule has 0 aromatic heterocycles. The lowest BCUT2D eigenvalue weighted by molar-refractivity contribution is -0.130. The minimum absolute atomic E-state index is 0.00879. The number of nitrogens with one attached hydrogen (secondary N) is 3. The third-order valence-corrected chi connectivity index (χ3v) is 3.64. The molecule has 5 nitrogen and oxygen atoms in total. The Labute approximate surface area is 112 Å². The number of hydrogen-bond acceptors (Lipinski definition) is 4. The number of ether oxygens (including phenoxy) is 1. The van der Waals surface area contributed by atoms with Crippen LogP contribution in [-0.2, 0) is 9.53 Å². The van der Waals surface area contributed by atoms with E-state index in [4.69, 9.17) is 4.74 Å². The van der Waals surface area contributed by atoms with E-state index in [2.05, 4.69) is 28.3 Å². The Morgan fingerprint density at radius 2 is 2.11 bits per heavy atom. The van der Waals surface area contributed by atoms with Gasteiger partial charge in [-0.15, -0.1) is 0 Å². The monoisotopic (exact) mass is 261 g/mol. The van der Waals surface area contributed by atoms with Gasteiger partial charge in [-0.1, -0.05) is 30.3 Å². The average Bonchev–Trinajstić information content (AvgIpc) is 3.11. The molecule has 1 aromatic rings. The predicted octanol–water partition coefficient (Wildman–Crippen LogP) is 0.847. The molecule has 19 heavy (non-hydrogen) atoms. The molecule has 2 aliphatic heterocycles. The van der Waals surface area contributed by atoms with E-state index in [1.54, 1.807) is 0 Å². The van der Waals surface area contributed by atoms with Crippen LogP contribution in [0.5, 0.6) is 0 Å². The Kier molecular flexibility index (Phi) is 3.77. The van der Waals surface area contributed by atoms with Crippen molar-refractivity contribution in [3.63, 3.8) is 0 Å². The van der Waals surface area contributed by atoms with E-state index in [1.165, 1.54) is 5.56 Å². The van der Waals surface area contributed by atoms with Gasteiger partial charge in [-0.2, -0.15) is 0 Å². The summed E-state index contributed by atoms with van der Waals surface area (Å²) in [6.07, 6.45) is 2.33. The Morgan fingerprint density at radius 3 is 2.84 bits per heavy atom. The molecule has 2 aliphatic rings. The van der Waals surface area contributed by atoms with Crippen LogP contribution in [-0.4, -0.2) is 24.8 Å². The number of benzene rings is 1. The molecule has 0 aliphatic carbocycles. The zero-order chi connectivity index (χ0) is 13.1. The first-order valence-corrected chi connectivity index (χ1v) is 6.81. The van der Waals surface area contributed by atoms with E-state index >= 15 is 0 Å². The Balaban J connectivity index is 1.53. The number of carbonyl (C=O) groups is 1. The van der Waals surface area contributed by atoms with Crippen molar-refractivity contribution >= 4 is 5.91 Å². The second kappa shape index (κ2) is 5.69. The van der Waals surface area contributed by atoms with E-state index in [-0.39, 0.29) is 24.2 Å². The molecular formula is C14H19N3O2. The number of hydrogen-bond donors (Lipinski definition) is 3. The first kappa shape index (κ1) is 12.6. The molecule has 102 valence electrons. The van der Waals surface area contributed by atoms with E-state index < -0.39 is 0 Å². The molecule has 3 N–H and O–H groups in total. The molecule has 0 spiro atoms. The molecule has 2 heterocycles. The molecule has 0 saturated carbocycles. The number of carbonyl (C=O) groups excluding carboxylic acids is 1. The lowest BCUT2D eigenvalue weighted by Gasteiger charge is -2.15. The van der Waals surface area contributed by atoms with Gasteiger partial charge in [-0.05, 0) is 18.4 Å². The average molecular weight is 261 g/mol. The highest BCUT2D eigenvalue weighted by molar-refractivity contribution is 5.81. The second-order valence-electron chi connectivity index (χ2n) is 5.05. The summed E-state index contributed by atoms with van der Waals surface area (Å²) in [5.74, 6) is -0.00879. The van der Waals surface area contributed by atoms with Gasteiger partial charge in [0.1, 0.15) is 6.10 Å². The van der Waals surface area contributed by atoms with Gasteiger partial charge in [0.05, 0.1) is 6.17 Å². The van der Waals surface area contributed by atoms with Crippen molar-refractivity contribution in [2.45, 2.75) is 37.6 Å². The summed E-state index contributed by atoms with van der Waals surface area (Å²) < 4.78 is 5.38. The standard InChI is InChI=1S/C14H19N3O2/c18-14(12-7-4-8-19-12)15-13-9-11(16-17-13)10-5-2-1-3-6-10/h1-3,5-6,11-13,16-17H,4,7-9H2,(H,15,18). The summed E-state index contributed by atoms with van der Waals surface area (Å²) in [4.78, 5) is 11.9. The van der Waals surface area contributed by atoms with Crippen molar-refractivity contribution in [3.8, 4) is 0 Å². The van der Waals surface area contributed by atoms with Gasteiger partial charge in [0.25, 0.3) is 0 Å². The summed E-state index contributed by atoms with van der Waals surface area (Å²) in [5.41, 5.74) is 7.56. The highest BCUT2D eigenvalue weighted by atomic mass is 16.5. The molecule has 3 atom stereocenters. The summed E-state index contributed by atoms with van der Waals surface area (Å²) in [5, 5.41) is 2.98. The highest BCUT2D eigenvalue weighted by Crippen LogP contribution is 2.21. The maximum atomic E-state index is 11.9. The van der Waals surface area contributed by atoms with E-state index in [1.807, 2.05) is 18.2 Å². The van der Waals surface area contributed by atoms with E-state index in [9.17, 15) is 4.79 Å². The zero-order valence-corrected chi connectivity index (χ0v) is 10.8. The van der Waals surface area contributed by atoms with Crippen LogP contribution in [0.2, 0.25) is 0 Å². The normalized spacial score (nSPS) is 30.4. The van der Waals surface area contributed by atoms with Gasteiger partial charge >= 0.3 is 0 Å². The fourth-order valence-corrected chi connectivity index (χ4v) is 2.60. The zero-order valence-electron chi connectivity index (χ0n) is 10.8. The molecule has 5 heteroatoms. The summed E-state index contributed by atoms with van der Waals surface area (Å²) >= 11 is 0. The third-order valence-electron chi connectivity index (χ3n) is 3.64. The van der Waals surface area contributed by atoms with Crippen LogP contribution in [0.4, 0.5) is 0 Å². The molecule has 1 aromatic carbocycles. The predicted molar refractivity (Wildman–Crippen MR) is 71.0 cm³/mol. The lowest BCUT2D eigenvalue weighted by atomic mass is 10.0. The van der Waals surface area contributed by atoms with Crippen LogP contribution < -0.4 is 16.2 Å². The Morgan fingerprint density at radius 1 is 1.26 bits per heavy atom. The second-order valence-corrected chi connectivity index (χ2v) is 5.05. The topological polar surface area (TPSA) is 62.4 Å². The van der Waals surface area contributed by atoms with Gasteiger partial charge in [-0.25, -0.2) is 10.9 Å². The van der Waals surface area contributed by atoms with Crippen LogP contribution in [0, 0.1) is 0 Å². The minimum Gasteiger partial charge on any atom is -0.368 e. The van der Waals surface area contributed by atoms with Crippen LogP contribution in [0.15, 0.2) is 30.3 Å². The molecule has 1 amide bonds. The first-order chi connectivity index (χ1) is 9.33. The number of amides is 1. The summed E-state index contributed by atoms with van der Waals surface area (Å²) in [6.45, 7) is 0.696. The molecule has 3 rings (SSSR count). The maximum absolute atomic E-state index is 11.9. The number of hydrazine groups is 1. The van der Waals surface area contributed by atoms with Gasteiger partial charge in [-0.3, -0.25) is 4.79 Å². The van der Waals surface area contributed by atoms with E-state index in [0.717, 1.165) is 19.3 Å². The van der Waals surface area contributed by atoms with Crippen molar-refractivity contribution in [2.24, 2.45) is 0 Å². The largest absolute Gasteiger partial charge is 0.368 e. The van der Waals surface area contributed by atoms with Gasteiger partial charge in [0.2, 0.25) is 5.91 Å². The fourth-order valence-electron chi connectivity index (χ4n) is 2.60. The maximum Gasteiger partial charge on any atom is 0.250 e. The number of rotatable bonds is 3. The molecule has 3 unspecified atom stereocenters. The van der Waals surface area contributed by atoms with Crippen LogP contribution >= 0.6 is 0 Å². The van der Waals surface area contributed by atoms with Crippen LogP contribution in [0.25, 0.3) is 0 Å². The minimum atomic E-state index is -0.266. The summed E-state index contributed by atoms with van der Waals surface area (Å²) in [7, 11) is 0. The first-order valence-electron chi connectivity index (χ1n) is 6.81. The van der Waals surface area contributed by atoms with Crippen molar-refractivity contribution in [2.75, 3.05) is 6.61 Å². The molecular weight excluding hydrogens is 242 g/mol. The van der Waals surface area contributed by atoms with E-state index in [0.29, 0.717) is 6.61 Å². The Bertz CT molecular complexity index is 432. The Hall–Kier alpha value is -1.43. The smallest absolute Gasteiger partial charge is 0.250 e. The van der Waals surface area contributed by atoms with Gasteiger partial charge in [0, 0.05) is 19.1 Å². The van der Waals surface area contributed by atoms with Gasteiger partial charge < -0.3 is 10.1 Å². The molecule has 0 bridgehead atoms. The van der Waals surface area contributed by atoms with Crippen LogP contribution in [0.1, 0.15) is 30.9 Å². The summed E-state index contributed by atoms with van der Waals surface area (Å²) in [6, 6.07) is 10.5. The fraction of sp³-hybridized carbons (Fsp3) is 0.500. The quantitative estimate of drug-likeness (QED) is 0.755. The lowest BCUT2D eigenvalue weighted by Crippen LogP contribution is -2.47. The SMILES string of the molecule is O=C(NC1CC(c2ccccc2)NN1)C1CCCO1. The van der Waals surface area contributed by atoms with Crippen molar-refractivity contribution < 1.29 is 9.53 Å². The van der Waals surface area contributed by atoms with Crippen molar-refractivity contribution in [3.05, 3.63) is 35.9 Å². The van der Waals surface area contributed by atoms with Crippen LogP contribution in [0.3, 0.4) is 0 Å². The highest BCUT2D eigenvalue weighted by Gasteiger charge is 2.30. The third kappa shape index (κ3) is 2.94. The molecule has 0 radical (unpaired) electrons. The van der Waals surface area contributed by atoms with Crippen molar-refractivity contribution in [1.29, 1.82) is 0 Å².